The Morgan fingerprint density at radius 3 is 2.62 bits per heavy atom. The standard InChI is InChI=1S/C21H21F2N3O5S/c1-26-10-17-20(18(26)21(28)24-13-7-8-14(22)15(23)9-13)31-11-16(25-32(17,29)30)19(27)12-5-3-2-4-6-12/h2-10,16,18-20,25,27H,11H2,1H3,(H,24,28)/t16-,18?,19-,20?/m1/s1. The lowest BCUT2D eigenvalue weighted by Gasteiger charge is -2.26. The fourth-order valence-corrected chi connectivity index (χ4v) is 5.32. The van der Waals surface area contributed by atoms with Crippen molar-refractivity contribution in [3.63, 3.8) is 0 Å². The Morgan fingerprint density at radius 2 is 1.94 bits per heavy atom. The van der Waals surface area contributed by atoms with Crippen LogP contribution in [0.15, 0.2) is 59.6 Å². The molecule has 0 radical (unpaired) electrons. The number of benzene rings is 2. The maximum absolute atomic E-state index is 13.5. The minimum atomic E-state index is -4.09. The molecule has 2 aromatic rings. The number of halogens is 2. The monoisotopic (exact) mass is 465 g/mol. The van der Waals surface area contributed by atoms with Gasteiger partial charge in [-0.15, -0.1) is 0 Å². The number of carbonyl (C=O) groups excluding carboxylic acids is 1. The second kappa shape index (κ2) is 8.58. The van der Waals surface area contributed by atoms with Gasteiger partial charge in [0.1, 0.15) is 17.1 Å². The second-order valence-electron chi connectivity index (χ2n) is 7.60. The van der Waals surface area contributed by atoms with Crippen LogP contribution in [0.2, 0.25) is 0 Å². The number of nitrogens with zero attached hydrogens (tertiary/aromatic N) is 1. The Kier molecular flexibility index (Phi) is 5.99. The molecular formula is C21H21F2N3O5S. The SMILES string of the molecule is CN1C=C2C(OC[C@H]([C@H](O)c3ccccc3)NS2(=O)=O)C1C(=O)Nc1ccc(F)c(F)c1. The number of hydrogen-bond donors (Lipinski definition) is 3. The van der Waals surface area contributed by atoms with Crippen molar-refractivity contribution in [1.82, 2.24) is 9.62 Å². The first-order valence-electron chi connectivity index (χ1n) is 9.74. The van der Waals surface area contributed by atoms with Crippen LogP contribution in [-0.2, 0) is 19.6 Å². The first-order chi connectivity index (χ1) is 15.2. The molecule has 4 rings (SSSR count). The van der Waals surface area contributed by atoms with Gasteiger partial charge in [-0.05, 0) is 17.7 Å². The molecule has 0 spiro atoms. The maximum atomic E-state index is 13.5. The van der Waals surface area contributed by atoms with Crippen molar-refractivity contribution < 1.29 is 31.8 Å². The van der Waals surface area contributed by atoms with Gasteiger partial charge in [0, 0.05) is 25.0 Å². The summed E-state index contributed by atoms with van der Waals surface area (Å²) in [5.74, 6) is -2.85. The molecule has 11 heteroatoms. The van der Waals surface area contributed by atoms with Gasteiger partial charge in [-0.3, -0.25) is 4.79 Å². The fourth-order valence-electron chi connectivity index (χ4n) is 3.78. The first-order valence-corrected chi connectivity index (χ1v) is 11.2. The van der Waals surface area contributed by atoms with Gasteiger partial charge in [0.15, 0.2) is 11.6 Å². The van der Waals surface area contributed by atoms with E-state index in [-0.39, 0.29) is 17.2 Å². The summed E-state index contributed by atoms with van der Waals surface area (Å²) < 4.78 is 60.8. The molecule has 1 saturated heterocycles. The Bertz CT molecular complexity index is 1160. The summed E-state index contributed by atoms with van der Waals surface area (Å²) in [4.78, 5) is 14.1. The Hall–Kier alpha value is -2.86. The number of anilines is 1. The van der Waals surface area contributed by atoms with Gasteiger partial charge in [0.2, 0.25) is 15.9 Å². The van der Waals surface area contributed by atoms with E-state index in [1.807, 2.05) is 0 Å². The lowest BCUT2D eigenvalue weighted by Crippen LogP contribution is -2.45. The summed E-state index contributed by atoms with van der Waals surface area (Å²) in [6.45, 7) is -0.194. The first kappa shape index (κ1) is 22.3. The van der Waals surface area contributed by atoms with Gasteiger partial charge >= 0.3 is 0 Å². The topological polar surface area (TPSA) is 108 Å². The largest absolute Gasteiger partial charge is 0.387 e. The van der Waals surface area contributed by atoms with E-state index >= 15 is 0 Å². The average Bonchev–Trinajstić information content (AvgIpc) is 3.04. The zero-order chi connectivity index (χ0) is 23.0. The number of ether oxygens (including phenoxy) is 1. The van der Waals surface area contributed by atoms with Crippen molar-refractivity contribution in [3.05, 3.63) is 76.8 Å². The predicted molar refractivity (Wildman–Crippen MR) is 112 cm³/mol. The smallest absolute Gasteiger partial charge is 0.250 e. The number of fused-ring (bicyclic) bond motifs is 1. The van der Waals surface area contributed by atoms with Crippen LogP contribution >= 0.6 is 0 Å². The van der Waals surface area contributed by atoms with Crippen molar-refractivity contribution in [1.29, 1.82) is 0 Å². The second-order valence-corrected chi connectivity index (χ2v) is 9.31. The predicted octanol–water partition coefficient (Wildman–Crippen LogP) is 1.48. The highest BCUT2D eigenvalue weighted by Crippen LogP contribution is 2.32. The number of aliphatic hydroxyl groups is 1. The molecule has 8 nitrogen and oxygen atoms in total. The summed E-state index contributed by atoms with van der Waals surface area (Å²) in [5, 5.41) is 13.1. The molecule has 1 fully saturated rings. The molecule has 32 heavy (non-hydrogen) atoms. The number of amides is 1. The highest BCUT2D eigenvalue weighted by molar-refractivity contribution is 7.93. The van der Waals surface area contributed by atoms with E-state index < -0.39 is 51.9 Å². The van der Waals surface area contributed by atoms with E-state index in [0.717, 1.165) is 12.1 Å². The van der Waals surface area contributed by atoms with Gasteiger partial charge in [-0.1, -0.05) is 30.3 Å². The molecule has 0 saturated carbocycles. The van der Waals surface area contributed by atoms with E-state index in [0.29, 0.717) is 5.56 Å². The molecule has 0 aliphatic carbocycles. The molecule has 3 N–H and O–H groups in total. The zero-order valence-corrected chi connectivity index (χ0v) is 17.7. The summed E-state index contributed by atoms with van der Waals surface area (Å²) in [6, 6.07) is 9.37. The third-order valence-electron chi connectivity index (χ3n) is 5.39. The quantitative estimate of drug-likeness (QED) is 0.632. The van der Waals surface area contributed by atoms with Crippen LogP contribution < -0.4 is 10.0 Å². The summed E-state index contributed by atoms with van der Waals surface area (Å²) >= 11 is 0. The van der Waals surface area contributed by atoms with Crippen LogP contribution in [-0.4, -0.2) is 56.2 Å². The van der Waals surface area contributed by atoms with Crippen LogP contribution in [0.4, 0.5) is 14.5 Å². The number of sulfonamides is 1. The van der Waals surface area contributed by atoms with E-state index in [1.165, 1.54) is 24.2 Å². The molecule has 170 valence electrons. The van der Waals surface area contributed by atoms with E-state index in [2.05, 4.69) is 10.0 Å². The summed E-state index contributed by atoms with van der Waals surface area (Å²) in [5.41, 5.74) is 0.525. The number of rotatable bonds is 4. The maximum Gasteiger partial charge on any atom is 0.250 e. The van der Waals surface area contributed by atoms with Gasteiger partial charge in [-0.2, -0.15) is 0 Å². The zero-order valence-electron chi connectivity index (χ0n) is 16.9. The van der Waals surface area contributed by atoms with E-state index in [4.69, 9.17) is 4.74 Å². The van der Waals surface area contributed by atoms with Crippen molar-refractivity contribution in [2.24, 2.45) is 0 Å². The van der Waals surface area contributed by atoms with E-state index in [9.17, 15) is 27.1 Å². The summed E-state index contributed by atoms with van der Waals surface area (Å²) in [7, 11) is -2.58. The number of carbonyl (C=O) groups is 1. The molecule has 0 aromatic heterocycles. The number of aliphatic hydroxyl groups excluding tert-OH is 1. The van der Waals surface area contributed by atoms with Crippen molar-refractivity contribution >= 4 is 21.6 Å². The molecule has 2 aromatic carbocycles. The van der Waals surface area contributed by atoms with Crippen molar-refractivity contribution in [2.75, 3.05) is 19.0 Å². The highest BCUT2D eigenvalue weighted by atomic mass is 32.2. The van der Waals surface area contributed by atoms with Crippen LogP contribution in [0.1, 0.15) is 11.7 Å². The van der Waals surface area contributed by atoms with Crippen LogP contribution in [0.5, 0.6) is 0 Å². The molecule has 2 unspecified atom stereocenters. The minimum Gasteiger partial charge on any atom is -0.387 e. The Morgan fingerprint density at radius 1 is 1.22 bits per heavy atom. The lowest BCUT2D eigenvalue weighted by atomic mass is 10.0. The van der Waals surface area contributed by atoms with Crippen LogP contribution in [0.3, 0.4) is 0 Å². The molecule has 4 atom stereocenters. The van der Waals surface area contributed by atoms with Gasteiger partial charge in [0.25, 0.3) is 0 Å². The van der Waals surface area contributed by atoms with Crippen molar-refractivity contribution in [2.45, 2.75) is 24.3 Å². The number of likely N-dealkylation sites (N-methyl/N-ethyl adjacent to an activating group) is 1. The molecule has 2 aliphatic rings. The van der Waals surface area contributed by atoms with Gasteiger partial charge in [-0.25, -0.2) is 21.9 Å². The average molecular weight is 465 g/mol. The number of hydrogen-bond acceptors (Lipinski definition) is 6. The van der Waals surface area contributed by atoms with Crippen LogP contribution in [0, 0.1) is 11.6 Å². The third kappa shape index (κ3) is 4.24. The summed E-state index contributed by atoms with van der Waals surface area (Å²) in [6.07, 6.45) is -1.05. The fraction of sp³-hybridized carbons (Fsp3) is 0.286. The minimum absolute atomic E-state index is 0.0164. The lowest BCUT2D eigenvalue weighted by molar-refractivity contribution is -0.123. The van der Waals surface area contributed by atoms with E-state index in [1.54, 1.807) is 30.3 Å². The highest BCUT2D eigenvalue weighted by Gasteiger charge is 2.48. The molecule has 0 bridgehead atoms. The molecule has 2 aliphatic heterocycles. The van der Waals surface area contributed by atoms with Gasteiger partial charge < -0.3 is 20.1 Å². The Balaban J connectivity index is 1.56. The molecule has 2 heterocycles. The number of nitrogens with one attached hydrogen (secondary N) is 2. The van der Waals surface area contributed by atoms with Crippen molar-refractivity contribution in [3.8, 4) is 0 Å². The normalized spacial score (nSPS) is 25.4. The molecule has 1 amide bonds. The molecular weight excluding hydrogens is 444 g/mol. The Labute approximate surface area is 183 Å². The van der Waals surface area contributed by atoms with Crippen LogP contribution in [0.25, 0.3) is 0 Å². The van der Waals surface area contributed by atoms with Gasteiger partial charge in [0.05, 0.1) is 18.8 Å². The third-order valence-corrected chi connectivity index (χ3v) is 6.96.